The summed E-state index contributed by atoms with van der Waals surface area (Å²) in [5, 5.41) is 4.19. The molecular weight excluding hydrogens is 334 g/mol. The molecule has 1 N–H and O–H groups in total. The van der Waals surface area contributed by atoms with Crippen LogP contribution in [0.1, 0.15) is 0 Å². The van der Waals surface area contributed by atoms with E-state index in [4.69, 9.17) is 9.47 Å². The number of nitrogens with zero attached hydrogens (tertiary/aromatic N) is 2. The lowest BCUT2D eigenvalue weighted by molar-refractivity contribution is 0.174. The number of rotatable bonds is 2. The molecule has 6 heteroatoms. The van der Waals surface area contributed by atoms with Crippen molar-refractivity contribution in [1.82, 2.24) is 9.97 Å². The van der Waals surface area contributed by atoms with Crippen LogP contribution in [0.3, 0.4) is 0 Å². The Hall–Kier alpha value is -2.34. The maximum atomic E-state index is 5.42. The highest BCUT2D eigenvalue weighted by Crippen LogP contribution is 2.37. The van der Waals surface area contributed by atoms with Gasteiger partial charge in [0.15, 0.2) is 11.5 Å². The van der Waals surface area contributed by atoms with Gasteiger partial charge in [0.1, 0.15) is 12.1 Å². The first-order valence-electron chi connectivity index (χ1n) is 6.36. The van der Waals surface area contributed by atoms with E-state index >= 15 is 0 Å². The molecule has 1 aliphatic rings. The lowest BCUT2D eigenvalue weighted by Crippen LogP contribution is -1.96. The van der Waals surface area contributed by atoms with E-state index in [-0.39, 0.29) is 6.79 Å². The number of halogens is 1. The molecule has 0 amide bonds. The maximum Gasteiger partial charge on any atom is 0.231 e. The molecule has 21 heavy (non-hydrogen) atoms. The third kappa shape index (κ3) is 2.27. The predicted octanol–water partition coefficient (Wildman–Crippen LogP) is 3.86. The van der Waals surface area contributed by atoms with Crippen LogP contribution >= 0.6 is 15.9 Å². The Labute approximate surface area is 129 Å². The van der Waals surface area contributed by atoms with Gasteiger partial charge in [-0.25, -0.2) is 9.97 Å². The molecule has 0 saturated carbocycles. The van der Waals surface area contributed by atoms with Crippen molar-refractivity contribution in [2.24, 2.45) is 0 Å². The second-order valence-corrected chi connectivity index (χ2v) is 5.49. The van der Waals surface area contributed by atoms with Crippen LogP contribution in [-0.2, 0) is 0 Å². The molecule has 0 aliphatic carbocycles. The molecule has 0 spiro atoms. The van der Waals surface area contributed by atoms with Crippen LogP contribution in [0.25, 0.3) is 10.9 Å². The second kappa shape index (κ2) is 4.89. The summed E-state index contributed by atoms with van der Waals surface area (Å²) in [7, 11) is 0. The number of nitrogens with one attached hydrogen (secondary N) is 1. The van der Waals surface area contributed by atoms with Crippen LogP contribution in [-0.4, -0.2) is 16.8 Å². The van der Waals surface area contributed by atoms with Gasteiger partial charge in [-0.05, 0) is 30.3 Å². The normalized spacial score (nSPS) is 12.6. The molecule has 0 fully saturated rings. The van der Waals surface area contributed by atoms with Crippen molar-refractivity contribution in [2.45, 2.75) is 0 Å². The van der Waals surface area contributed by atoms with Gasteiger partial charge >= 0.3 is 0 Å². The monoisotopic (exact) mass is 343 g/mol. The molecule has 1 aromatic heterocycles. The van der Waals surface area contributed by atoms with Crippen LogP contribution in [0.4, 0.5) is 11.5 Å². The van der Waals surface area contributed by atoms with Gasteiger partial charge in [0.25, 0.3) is 0 Å². The van der Waals surface area contributed by atoms with Gasteiger partial charge in [0.05, 0.1) is 5.52 Å². The average Bonchev–Trinajstić information content (AvgIpc) is 2.95. The van der Waals surface area contributed by atoms with E-state index in [9.17, 15) is 0 Å². The van der Waals surface area contributed by atoms with E-state index in [2.05, 4.69) is 31.2 Å². The molecule has 0 bridgehead atoms. The van der Waals surface area contributed by atoms with Crippen LogP contribution in [0.2, 0.25) is 0 Å². The Morgan fingerprint density at radius 3 is 2.57 bits per heavy atom. The minimum Gasteiger partial charge on any atom is -0.454 e. The third-order valence-electron chi connectivity index (χ3n) is 3.24. The molecule has 104 valence electrons. The summed E-state index contributed by atoms with van der Waals surface area (Å²) in [4.78, 5) is 8.60. The average molecular weight is 344 g/mol. The Bertz CT molecular complexity index is 821. The summed E-state index contributed by atoms with van der Waals surface area (Å²) in [6, 6.07) is 11.7. The van der Waals surface area contributed by atoms with E-state index in [0.717, 1.165) is 38.4 Å². The summed E-state index contributed by atoms with van der Waals surface area (Å²) in [5.41, 5.74) is 1.77. The quantitative estimate of drug-likeness (QED) is 0.765. The van der Waals surface area contributed by atoms with Gasteiger partial charge in [-0.15, -0.1) is 0 Å². The number of hydrogen-bond acceptors (Lipinski definition) is 5. The van der Waals surface area contributed by atoms with Crippen molar-refractivity contribution in [3.05, 3.63) is 47.2 Å². The molecule has 0 atom stereocenters. The molecule has 5 nitrogen and oxygen atoms in total. The van der Waals surface area contributed by atoms with E-state index in [0.29, 0.717) is 0 Å². The molecule has 0 unspecified atom stereocenters. The number of benzene rings is 2. The van der Waals surface area contributed by atoms with Crippen molar-refractivity contribution in [1.29, 1.82) is 0 Å². The zero-order valence-corrected chi connectivity index (χ0v) is 12.4. The highest BCUT2D eigenvalue weighted by Gasteiger charge is 2.16. The lowest BCUT2D eigenvalue weighted by Gasteiger charge is -2.09. The first-order chi connectivity index (χ1) is 10.3. The molecule has 0 radical (unpaired) electrons. The minimum absolute atomic E-state index is 0.245. The van der Waals surface area contributed by atoms with Crippen molar-refractivity contribution in [3.63, 3.8) is 0 Å². The molecule has 2 heterocycles. The topological polar surface area (TPSA) is 56.3 Å². The van der Waals surface area contributed by atoms with Crippen LogP contribution < -0.4 is 14.8 Å². The fourth-order valence-corrected chi connectivity index (χ4v) is 2.48. The fraction of sp³-hybridized carbons (Fsp3) is 0.0667. The third-order valence-corrected chi connectivity index (χ3v) is 3.77. The summed E-state index contributed by atoms with van der Waals surface area (Å²) in [6.45, 7) is 0.245. The summed E-state index contributed by atoms with van der Waals surface area (Å²) < 4.78 is 11.8. The van der Waals surface area contributed by atoms with E-state index in [1.54, 1.807) is 0 Å². The molecule has 4 rings (SSSR count). The summed E-state index contributed by atoms with van der Waals surface area (Å²) in [5.74, 6) is 2.17. The number of aromatic nitrogens is 2. The van der Waals surface area contributed by atoms with Gasteiger partial charge in [-0.1, -0.05) is 15.9 Å². The van der Waals surface area contributed by atoms with Gasteiger partial charge in [0, 0.05) is 21.6 Å². The molecule has 0 saturated heterocycles. The van der Waals surface area contributed by atoms with Crippen molar-refractivity contribution in [3.8, 4) is 11.5 Å². The molecule has 1 aliphatic heterocycles. The highest BCUT2D eigenvalue weighted by molar-refractivity contribution is 9.10. The van der Waals surface area contributed by atoms with Crippen molar-refractivity contribution in [2.75, 3.05) is 12.1 Å². The Morgan fingerprint density at radius 1 is 1.00 bits per heavy atom. The zero-order valence-electron chi connectivity index (χ0n) is 10.8. The number of anilines is 2. The molecular formula is C15H10BrN3O2. The van der Waals surface area contributed by atoms with E-state index in [1.807, 2.05) is 36.4 Å². The Morgan fingerprint density at radius 2 is 1.76 bits per heavy atom. The smallest absolute Gasteiger partial charge is 0.231 e. The standard InChI is InChI=1S/C15H10BrN3O2/c16-9-1-3-10(4-2-9)19-15-11-5-13-14(21-8-20-13)6-12(11)17-7-18-15/h1-7H,8H2,(H,17,18,19). The SMILES string of the molecule is Brc1ccc(Nc2ncnc3cc4c(cc23)OCO4)cc1. The van der Waals surface area contributed by atoms with E-state index < -0.39 is 0 Å². The molecule has 2 aromatic carbocycles. The number of fused-ring (bicyclic) bond motifs is 2. The maximum absolute atomic E-state index is 5.42. The highest BCUT2D eigenvalue weighted by atomic mass is 79.9. The van der Waals surface area contributed by atoms with Crippen LogP contribution in [0, 0.1) is 0 Å². The van der Waals surface area contributed by atoms with Crippen LogP contribution in [0.5, 0.6) is 11.5 Å². The largest absolute Gasteiger partial charge is 0.454 e. The summed E-state index contributed by atoms with van der Waals surface area (Å²) in [6.07, 6.45) is 1.53. The first kappa shape index (κ1) is 12.4. The number of hydrogen-bond donors (Lipinski definition) is 1. The van der Waals surface area contributed by atoms with Crippen LogP contribution in [0.15, 0.2) is 47.2 Å². The van der Waals surface area contributed by atoms with Gasteiger partial charge in [0.2, 0.25) is 6.79 Å². The Kier molecular flexibility index (Phi) is 2.89. The number of ether oxygens (including phenoxy) is 2. The zero-order chi connectivity index (χ0) is 14.2. The fourth-order valence-electron chi connectivity index (χ4n) is 2.22. The van der Waals surface area contributed by atoms with E-state index in [1.165, 1.54) is 6.33 Å². The summed E-state index contributed by atoms with van der Waals surface area (Å²) >= 11 is 3.42. The van der Waals surface area contributed by atoms with Crippen molar-refractivity contribution >= 4 is 38.3 Å². The van der Waals surface area contributed by atoms with Crippen molar-refractivity contribution < 1.29 is 9.47 Å². The van der Waals surface area contributed by atoms with Gasteiger partial charge in [-0.2, -0.15) is 0 Å². The van der Waals surface area contributed by atoms with Gasteiger partial charge in [-0.3, -0.25) is 0 Å². The van der Waals surface area contributed by atoms with Gasteiger partial charge < -0.3 is 14.8 Å². The molecule has 3 aromatic rings. The minimum atomic E-state index is 0.245. The Balaban J connectivity index is 1.79. The lowest BCUT2D eigenvalue weighted by atomic mass is 10.2. The first-order valence-corrected chi connectivity index (χ1v) is 7.16. The predicted molar refractivity (Wildman–Crippen MR) is 83.1 cm³/mol. The second-order valence-electron chi connectivity index (χ2n) is 4.58.